The van der Waals surface area contributed by atoms with E-state index in [0.717, 1.165) is 6.42 Å². The molecule has 0 aliphatic heterocycles. The summed E-state index contributed by atoms with van der Waals surface area (Å²) in [7, 11) is 0. The van der Waals surface area contributed by atoms with Gasteiger partial charge in [-0.25, -0.2) is 0 Å². The number of nitriles is 1. The number of hydrogen-bond acceptors (Lipinski definition) is 2. The molecule has 2 heteroatoms. The van der Waals surface area contributed by atoms with Gasteiger partial charge in [0.15, 0.2) is 0 Å². The second-order valence-corrected chi connectivity index (χ2v) is 5.16. The zero-order chi connectivity index (χ0) is 10.6. The van der Waals surface area contributed by atoms with E-state index >= 15 is 0 Å². The van der Waals surface area contributed by atoms with Gasteiger partial charge in [0.1, 0.15) is 0 Å². The molecule has 1 aliphatic rings. The van der Waals surface area contributed by atoms with Crippen LogP contribution in [0, 0.1) is 17.2 Å². The Balaban J connectivity index is 2.40. The summed E-state index contributed by atoms with van der Waals surface area (Å²) in [4.78, 5) is 0. The molecule has 2 nitrogen and oxygen atoms in total. The lowest BCUT2D eigenvalue weighted by atomic mass is 9.99. The average molecular weight is 195 g/mol. The molecule has 1 aliphatic carbocycles. The maximum atomic E-state index is 8.55. The molecule has 0 heterocycles. The Bertz CT molecular complexity index is 211. The Morgan fingerprint density at radius 1 is 1.36 bits per heavy atom. The van der Waals surface area contributed by atoms with Gasteiger partial charge in [0.05, 0.1) is 17.8 Å². The summed E-state index contributed by atoms with van der Waals surface area (Å²) in [5.74, 6) is 0.619. The smallest absolute Gasteiger partial charge is 0.0621 e. The number of rotatable bonds is 3. The van der Waals surface area contributed by atoms with E-state index in [4.69, 9.17) is 10.00 Å². The van der Waals surface area contributed by atoms with Gasteiger partial charge in [-0.2, -0.15) is 5.26 Å². The van der Waals surface area contributed by atoms with Crippen molar-refractivity contribution in [2.45, 2.75) is 64.6 Å². The van der Waals surface area contributed by atoms with Crippen molar-refractivity contribution in [3.63, 3.8) is 0 Å². The molecule has 0 unspecified atom stereocenters. The van der Waals surface area contributed by atoms with Crippen LogP contribution in [0.25, 0.3) is 0 Å². The fourth-order valence-corrected chi connectivity index (χ4v) is 2.19. The first-order chi connectivity index (χ1) is 6.53. The first-order valence-electron chi connectivity index (χ1n) is 5.58. The minimum Gasteiger partial charge on any atom is -0.372 e. The van der Waals surface area contributed by atoms with E-state index < -0.39 is 0 Å². The van der Waals surface area contributed by atoms with E-state index in [1.165, 1.54) is 19.3 Å². The minimum atomic E-state index is -0.0418. The van der Waals surface area contributed by atoms with Gasteiger partial charge in [-0.1, -0.05) is 6.42 Å². The Morgan fingerprint density at radius 2 is 2.07 bits per heavy atom. The lowest BCUT2D eigenvalue weighted by Crippen LogP contribution is -2.29. The first-order valence-corrected chi connectivity index (χ1v) is 5.58. The SMILES string of the molecule is CC(C)(C)O[C@H]1CCC[C@H]1CCC#N. The van der Waals surface area contributed by atoms with Crippen LogP contribution in [0.15, 0.2) is 0 Å². The van der Waals surface area contributed by atoms with Crippen molar-refractivity contribution in [2.75, 3.05) is 0 Å². The van der Waals surface area contributed by atoms with Gasteiger partial charge in [0.2, 0.25) is 0 Å². The molecule has 0 spiro atoms. The quantitative estimate of drug-likeness (QED) is 0.692. The maximum Gasteiger partial charge on any atom is 0.0621 e. The molecule has 0 radical (unpaired) electrons. The highest BCUT2D eigenvalue weighted by Crippen LogP contribution is 2.33. The summed E-state index contributed by atoms with van der Waals surface area (Å²) in [5, 5.41) is 8.55. The molecule has 14 heavy (non-hydrogen) atoms. The molecule has 0 N–H and O–H groups in total. The number of hydrogen-bond donors (Lipinski definition) is 0. The van der Waals surface area contributed by atoms with E-state index in [-0.39, 0.29) is 5.60 Å². The standard InChI is InChI=1S/C12H21NO/c1-12(2,3)14-11-8-4-6-10(11)7-5-9-13/h10-11H,4-8H2,1-3H3/t10-,11-/m0/s1. The second-order valence-electron chi connectivity index (χ2n) is 5.16. The van der Waals surface area contributed by atoms with Gasteiger partial charge >= 0.3 is 0 Å². The molecule has 1 saturated carbocycles. The van der Waals surface area contributed by atoms with Crippen LogP contribution >= 0.6 is 0 Å². The van der Waals surface area contributed by atoms with Crippen molar-refractivity contribution in [3.05, 3.63) is 0 Å². The predicted molar refractivity (Wildman–Crippen MR) is 56.8 cm³/mol. The third kappa shape index (κ3) is 3.67. The van der Waals surface area contributed by atoms with E-state index in [1.807, 2.05) is 0 Å². The normalized spacial score (nSPS) is 27.6. The minimum absolute atomic E-state index is 0.0418. The zero-order valence-electron chi connectivity index (χ0n) is 9.55. The average Bonchev–Trinajstić information content (AvgIpc) is 2.45. The Morgan fingerprint density at radius 3 is 2.64 bits per heavy atom. The Hall–Kier alpha value is -0.550. The van der Waals surface area contributed by atoms with Gasteiger partial charge in [-0.3, -0.25) is 0 Å². The van der Waals surface area contributed by atoms with E-state index in [9.17, 15) is 0 Å². The van der Waals surface area contributed by atoms with Crippen LogP contribution in [-0.2, 0) is 4.74 Å². The summed E-state index contributed by atoms with van der Waals surface area (Å²) >= 11 is 0. The van der Waals surface area contributed by atoms with E-state index in [2.05, 4.69) is 26.8 Å². The summed E-state index contributed by atoms with van der Waals surface area (Å²) in [5.41, 5.74) is -0.0418. The third-order valence-electron chi connectivity index (χ3n) is 2.72. The third-order valence-corrected chi connectivity index (χ3v) is 2.72. The van der Waals surface area contributed by atoms with Gasteiger partial charge < -0.3 is 4.74 Å². The molecule has 0 aromatic heterocycles. The highest BCUT2D eigenvalue weighted by molar-refractivity contribution is 4.83. The van der Waals surface area contributed by atoms with Crippen molar-refractivity contribution >= 4 is 0 Å². The highest BCUT2D eigenvalue weighted by atomic mass is 16.5. The summed E-state index contributed by atoms with van der Waals surface area (Å²) in [6.07, 6.45) is 5.75. The molecular weight excluding hydrogens is 174 g/mol. The zero-order valence-corrected chi connectivity index (χ0v) is 9.55. The van der Waals surface area contributed by atoms with Crippen LogP contribution in [0.2, 0.25) is 0 Å². The molecule has 0 amide bonds. The van der Waals surface area contributed by atoms with Crippen molar-refractivity contribution in [2.24, 2.45) is 5.92 Å². The van der Waals surface area contributed by atoms with Gasteiger partial charge in [0.25, 0.3) is 0 Å². The molecule has 1 rings (SSSR count). The monoisotopic (exact) mass is 195 g/mol. The van der Waals surface area contributed by atoms with Crippen LogP contribution in [0.5, 0.6) is 0 Å². The fourth-order valence-electron chi connectivity index (χ4n) is 2.19. The second kappa shape index (κ2) is 4.79. The first kappa shape index (κ1) is 11.5. The lowest BCUT2D eigenvalue weighted by molar-refractivity contribution is -0.0759. The van der Waals surface area contributed by atoms with Crippen LogP contribution in [0.3, 0.4) is 0 Å². The topological polar surface area (TPSA) is 33.0 Å². The molecule has 0 aromatic rings. The molecule has 0 bridgehead atoms. The van der Waals surface area contributed by atoms with Crippen LogP contribution in [0.4, 0.5) is 0 Å². The van der Waals surface area contributed by atoms with E-state index in [1.54, 1.807) is 0 Å². The van der Waals surface area contributed by atoms with Crippen LogP contribution in [0.1, 0.15) is 52.9 Å². The number of ether oxygens (including phenoxy) is 1. The summed E-state index contributed by atoms with van der Waals surface area (Å²) in [6.45, 7) is 6.31. The van der Waals surface area contributed by atoms with Crippen LogP contribution < -0.4 is 0 Å². The van der Waals surface area contributed by atoms with Gasteiger partial charge in [-0.15, -0.1) is 0 Å². The number of nitrogens with zero attached hydrogens (tertiary/aromatic N) is 1. The summed E-state index contributed by atoms with van der Waals surface area (Å²) in [6, 6.07) is 2.22. The molecule has 80 valence electrons. The van der Waals surface area contributed by atoms with E-state index in [0.29, 0.717) is 18.4 Å². The van der Waals surface area contributed by atoms with Crippen molar-refractivity contribution in [3.8, 4) is 6.07 Å². The Kier molecular flexibility index (Phi) is 3.95. The molecule has 0 saturated heterocycles. The van der Waals surface area contributed by atoms with Crippen molar-refractivity contribution in [1.82, 2.24) is 0 Å². The maximum absolute atomic E-state index is 8.55. The van der Waals surface area contributed by atoms with Crippen molar-refractivity contribution < 1.29 is 4.74 Å². The predicted octanol–water partition coefficient (Wildman–Crippen LogP) is 3.27. The largest absolute Gasteiger partial charge is 0.372 e. The highest BCUT2D eigenvalue weighted by Gasteiger charge is 2.30. The molecular formula is C12H21NO. The fraction of sp³-hybridized carbons (Fsp3) is 0.917. The van der Waals surface area contributed by atoms with Gasteiger partial charge in [-0.05, 0) is 46.0 Å². The van der Waals surface area contributed by atoms with Crippen LogP contribution in [-0.4, -0.2) is 11.7 Å². The van der Waals surface area contributed by atoms with Crippen molar-refractivity contribution in [1.29, 1.82) is 5.26 Å². The summed E-state index contributed by atoms with van der Waals surface area (Å²) < 4.78 is 6.00. The molecule has 2 atom stereocenters. The molecule has 0 aromatic carbocycles. The van der Waals surface area contributed by atoms with Gasteiger partial charge in [0, 0.05) is 6.42 Å². The molecule has 1 fully saturated rings. The lowest BCUT2D eigenvalue weighted by Gasteiger charge is -2.28. The Labute approximate surface area is 87.3 Å².